The maximum atomic E-state index is 4.49. The highest BCUT2D eigenvalue weighted by Gasteiger charge is 2.05. The van der Waals surface area contributed by atoms with Gasteiger partial charge in [-0.1, -0.05) is 31.7 Å². The molecule has 14 heavy (non-hydrogen) atoms. The topological polar surface area (TPSA) is 12.9 Å². The van der Waals surface area contributed by atoms with Gasteiger partial charge in [0.2, 0.25) is 0 Å². The fourth-order valence-corrected chi connectivity index (χ4v) is 2.24. The van der Waals surface area contributed by atoms with E-state index in [-0.39, 0.29) is 0 Å². The van der Waals surface area contributed by atoms with Crippen LogP contribution >= 0.6 is 0 Å². The van der Waals surface area contributed by atoms with Crippen molar-refractivity contribution in [3.05, 3.63) is 29.6 Å². The molecule has 0 N–H and O–H groups in total. The third-order valence-corrected chi connectivity index (χ3v) is 3.09. The van der Waals surface area contributed by atoms with Crippen LogP contribution in [-0.4, -0.2) is 4.98 Å². The van der Waals surface area contributed by atoms with Crippen LogP contribution in [0.4, 0.5) is 0 Å². The number of pyridine rings is 1. The standard InChI is InChI=1S/C13H19N/c1-2-4-6-10-13-12(8-5-3-1)9-7-11-14-13/h7,9,11H,1-6,8,10H2. The van der Waals surface area contributed by atoms with E-state index in [1.165, 1.54) is 62.6 Å². The van der Waals surface area contributed by atoms with Gasteiger partial charge in [0.05, 0.1) is 0 Å². The second kappa shape index (κ2) is 5.14. The number of fused-ring (bicyclic) bond motifs is 1. The lowest BCUT2D eigenvalue weighted by molar-refractivity contribution is 0.576. The largest absolute Gasteiger partial charge is 0.261 e. The molecule has 1 aliphatic rings. The maximum absolute atomic E-state index is 4.49. The lowest BCUT2D eigenvalue weighted by Gasteiger charge is -2.10. The molecule has 0 aliphatic heterocycles. The van der Waals surface area contributed by atoms with Gasteiger partial charge in [-0.2, -0.15) is 0 Å². The van der Waals surface area contributed by atoms with Crippen molar-refractivity contribution >= 4 is 0 Å². The first-order valence-corrected chi connectivity index (χ1v) is 5.89. The molecule has 0 unspecified atom stereocenters. The highest BCUT2D eigenvalue weighted by molar-refractivity contribution is 5.20. The third-order valence-electron chi connectivity index (χ3n) is 3.09. The minimum atomic E-state index is 1.19. The number of hydrogen-bond acceptors (Lipinski definition) is 1. The van der Waals surface area contributed by atoms with E-state index in [1.807, 2.05) is 6.20 Å². The molecule has 0 amide bonds. The summed E-state index contributed by atoms with van der Waals surface area (Å²) in [6, 6.07) is 4.33. The molecule has 1 heteroatoms. The minimum Gasteiger partial charge on any atom is -0.261 e. The Hall–Kier alpha value is -0.850. The van der Waals surface area contributed by atoms with E-state index in [9.17, 15) is 0 Å². The predicted octanol–water partition coefficient (Wildman–Crippen LogP) is 3.52. The first kappa shape index (κ1) is 9.70. The quantitative estimate of drug-likeness (QED) is 0.608. The van der Waals surface area contributed by atoms with Crippen molar-refractivity contribution in [1.29, 1.82) is 0 Å². The Morgan fingerprint density at radius 1 is 0.857 bits per heavy atom. The molecule has 2 rings (SSSR count). The zero-order chi connectivity index (χ0) is 9.64. The summed E-state index contributed by atoms with van der Waals surface area (Å²) in [5, 5.41) is 0. The molecule has 0 saturated carbocycles. The average Bonchev–Trinajstić information content (AvgIpc) is 2.25. The second-order valence-corrected chi connectivity index (χ2v) is 4.23. The number of hydrogen-bond donors (Lipinski definition) is 0. The van der Waals surface area contributed by atoms with E-state index in [0.717, 1.165) is 0 Å². The molecule has 1 nitrogen and oxygen atoms in total. The van der Waals surface area contributed by atoms with Gasteiger partial charge in [0.25, 0.3) is 0 Å². The summed E-state index contributed by atoms with van der Waals surface area (Å²) in [6.07, 6.45) is 12.7. The molecule has 0 atom stereocenters. The lowest BCUT2D eigenvalue weighted by Crippen LogP contribution is -2.00. The highest BCUT2D eigenvalue weighted by atomic mass is 14.7. The smallest absolute Gasteiger partial charge is 0.0435 e. The van der Waals surface area contributed by atoms with Crippen molar-refractivity contribution in [3.63, 3.8) is 0 Å². The number of rotatable bonds is 0. The Kier molecular flexibility index (Phi) is 3.56. The molecule has 0 aromatic carbocycles. The number of aromatic nitrogens is 1. The van der Waals surface area contributed by atoms with Gasteiger partial charge in [-0.15, -0.1) is 0 Å². The molecule has 0 spiro atoms. The van der Waals surface area contributed by atoms with Crippen molar-refractivity contribution in [3.8, 4) is 0 Å². The van der Waals surface area contributed by atoms with Gasteiger partial charge in [-0.25, -0.2) is 0 Å². The van der Waals surface area contributed by atoms with E-state index in [2.05, 4.69) is 17.1 Å². The molecule has 0 radical (unpaired) electrons. The SMILES string of the molecule is c1cnc2c(c1)CCCCCCCC2. The van der Waals surface area contributed by atoms with Gasteiger partial charge in [0.1, 0.15) is 0 Å². The third kappa shape index (κ3) is 2.57. The van der Waals surface area contributed by atoms with Crippen molar-refractivity contribution in [2.45, 2.75) is 51.4 Å². The molecular weight excluding hydrogens is 170 g/mol. The van der Waals surface area contributed by atoms with Gasteiger partial charge in [0, 0.05) is 11.9 Å². The van der Waals surface area contributed by atoms with Crippen LogP contribution in [0.3, 0.4) is 0 Å². The van der Waals surface area contributed by atoms with Gasteiger partial charge in [0.15, 0.2) is 0 Å². The van der Waals surface area contributed by atoms with E-state index in [0.29, 0.717) is 0 Å². The molecule has 0 fully saturated rings. The monoisotopic (exact) mass is 189 g/mol. The Bertz CT molecular complexity index is 251. The van der Waals surface area contributed by atoms with Gasteiger partial charge in [-0.3, -0.25) is 4.98 Å². The summed E-state index contributed by atoms with van der Waals surface area (Å²) >= 11 is 0. The van der Waals surface area contributed by atoms with Gasteiger partial charge in [-0.05, 0) is 37.3 Å². The van der Waals surface area contributed by atoms with E-state index in [4.69, 9.17) is 0 Å². The van der Waals surface area contributed by atoms with Crippen molar-refractivity contribution in [1.82, 2.24) is 4.98 Å². The van der Waals surface area contributed by atoms with Crippen LogP contribution in [0.15, 0.2) is 18.3 Å². The molecule has 76 valence electrons. The normalized spacial score (nSPS) is 18.6. The fraction of sp³-hybridized carbons (Fsp3) is 0.615. The zero-order valence-electron chi connectivity index (χ0n) is 8.84. The van der Waals surface area contributed by atoms with Gasteiger partial charge >= 0.3 is 0 Å². The summed E-state index contributed by atoms with van der Waals surface area (Å²) < 4.78 is 0. The van der Waals surface area contributed by atoms with Crippen LogP contribution in [0.2, 0.25) is 0 Å². The zero-order valence-corrected chi connectivity index (χ0v) is 8.84. The van der Waals surface area contributed by atoms with Gasteiger partial charge < -0.3 is 0 Å². The maximum Gasteiger partial charge on any atom is 0.0435 e. The first-order chi connectivity index (χ1) is 6.97. The number of nitrogens with zero attached hydrogens (tertiary/aromatic N) is 1. The van der Waals surface area contributed by atoms with E-state index >= 15 is 0 Å². The molecule has 1 aromatic rings. The van der Waals surface area contributed by atoms with Crippen molar-refractivity contribution in [2.75, 3.05) is 0 Å². The average molecular weight is 189 g/mol. The first-order valence-electron chi connectivity index (χ1n) is 5.89. The number of aryl methyl sites for hydroxylation is 2. The summed E-state index contributed by atoms with van der Waals surface area (Å²) in [5.41, 5.74) is 2.85. The van der Waals surface area contributed by atoms with Crippen LogP contribution in [0.5, 0.6) is 0 Å². The minimum absolute atomic E-state index is 1.19. The summed E-state index contributed by atoms with van der Waals surface area (Å²) in [4.78, 5) is 4.49. The molecule has 0 saturated heterocycles. The Labute approximate surface area is 86.6 Å². The fourth-order valence-electron chi connectivity index (χ4n) is 2.24. The lowest BCUT2D eigenvalue weighted by atomic mass is 9.98. The van der Waals surface area contributed by atoms with Crippen LogP contribution in [0.1, 0.15) is 49.8 Å². The predicted molar refractivity (Wildman–Crippen MR) is 59.3 cm³/mol. The van der Waals surface area contributed by atoms with Crippen molar-refractivity contribution in [2.24, 2.45) is 0 Å². The summed E-state index contributed by atoms with van der Waals surface area (Å²) in [5.74, 6) is 0. The molecule has 1 aliphatic carbocycles. The van der Waals surface area contributed by atoms with Crippen LogP contribution < -0.4 is 0 Å². The van der Waals surface area contributed by atoms with E-state index < -0.39 is 0 Å². The molecule has 1 aromatic heterocycles. The Morgan fingerprint density at radius 3 is 2.43 bits per heavy atom. The van der Waals surface area contributed by atoms with Crippen molar-refractivity contribution < 1.29 is 0 Å². The Balaban J connectivity index is 2.10. The summed E-state index contributed by atoms with van der Waals surface area (Å²) in [6.45, 7) is 0. The van der Waals surface area contributed by atoms with Crippen LogP contribution in [-0.2, 0) is 12.8 Å². The van der Waals surface area contributed by atoms with E-state index in [1.54, 1.807) is 0 Å². The van der Waals surface area contributed by atoms with Crippen LogP contribution in [0.25, 0.3) is 0 Å². The highest BCUT2D eigenvalue weighted by Crippen LogP contribution is 2.17. The molecule has 0 bridgehead atoms. The molecular formula is C13H19N. The Morgan fingerprint density at radius 2 is 1.57 bits per heavy atom. The van der Waals surface area contributed by atoms with Crippen LogP contribution in [0, 0.1) is 0 Å². The molecule has 1 heterocycles. The summed E-state index contributed by atoms with van der Waals surface area (Å²) in [7, 11) is 0. The second-order valence-electron chi connectivity index (χ2n) is 4.23.